The molecule has 4 nitrogen and oxygen atoms in total. The van der Waals surface area contributed by atoms with E-state index in [4.69, 9.17) is 9.47 Å². The quantitative estimate of drug-likeness (QED) is 0.537. The molecule has 0 aromatic heterocycles. The second-order valence-electron chi connectivity index (χ2n) is 7.65. The van der Waals surface area contributed by atoms with Gasteiger partial charge in [0.1, 0.15) is 0 Å². The first-order valence-electron chi connectivity index (χ1n) is 7.85. The Bertz CT molecular complexity index is 330. The Kier molecular flexibility index (Phi) is 6.91. The molecule has 0 unspecified atom stereocenters. The number of esters is 2. The number of carbonyl (C=O) groups excluding carboxylic acids is 2. The van der Waals surface area contributed by atoms with Crippen molar-refractivity contribution in [2.24, 2.45) is 10.8 Å². The van der Waals surface area contributed by atoms with Crippen LogP contribution in [0.25, 0.3) is 0 Å². The highest BCUT2D eigenvalue weighted by Gasteiger charge is 2.41. The molecule has 4 heteroatoms. The Morgan fingerprint density at radius 1 is 0.810 bits per heavy atom. The molecule has 0 radical (unpaired) electrons. The van der Waals surface area contributed by atoms with Crippen molar-refractivity contribution in [2.45, 2.75) is 86.9 Å². The van der Waals surface area contributed by atoms with Crippen LogP contribution in [-0.4, -0.2) is 17.7 Å². The van der Waals surface area contributed by atoms with E-state index in [1.165, 1.54) is 0 Å². The third-order valence-corrected chi connectivity index (χ3v) is 3.23. The van der Waals surface area contributed by atoms with Crippen molar-refractivity contribution in [3.63, 3.8) is 0 Å². The lowest BCUT2D eigenvalue weighted by molar-refractivity contribution is -0.243. The molecule has 0 saturated carbocycles. The molecule has 124 valence electrons. The highest BCUT2D eigenvalue weighted by Crippen LogP contribution is 2.31. The van der Waals surface area contributed by atoms with E-state index in [-0.39, 0.29) is 11.9 Å². The van der Waals surface area contributed by atoms with Crippen LogP contribution in [0.1, 0.15) is 81.1 Å². The molecule has 0 fully saturated rings. The summed E-state index contributed by atoms with van der Waals surface area (Å²) >= 11 is 0. The molecule has 21 heavy (non-hydrogen) atoms. The number of ether oxygens (including phenoxy) is 2. The molecule has 0 saturated heterocycles. The minimum absolute atomic E-state index is 0.345. The van der Waals surface area contributed by atoms with Gasteiger partial charge in [0.2, 0.25) is 0 Å². The van der Waals surface area contributed by atoms with E-state index >= 15 is 0 Å². The molecule has 0 amide bonds. The van der Waals surface area contributed by atoms with E-state index < -0.39 is 16.6 Å². The standard InChI is InChI=1S/C17H32O4/c1-9-11-12-17(10-2,20-13(18)15(3,4)5)21-14(19)16(6,7)8/h9-12H2,1-8H3. The van der Waals surface area contributed by atoms with Crippen LogP contribution in [0.4, 0.5) is 0 Å². The van der Waals surface area contributed by atoms with E-state index in [2.05, 4.69) is 6.92 Å². The van der Waals surface area contributed by atoms with Crippen LogP contribution < -0.4 is 0 Å². The first-order valence-corrected chi connectivity index (χ1v) is 7.85. The van der Waals surface area contributed by atoms with Crippen molar-refractivity contribution in [3.05, 3.63) is 0 Å². The van der Waals surface area contributed by atoms with E-state index in [1.807, 2.05) is 6.92 Å². The van der Waals surface area contributed by atoms with Crippen LogP contribution in [0.2, 0.25) is 0 Å². The average Bonchev–Trinajstić information content (AvgIpc) is 2.33. The molecule has 0 aliphatic heterocycles. The number of carbonyl (C=O) groups is 2. The largest absolute Gasteiger partial charge is 0.422 e. The fraction of sp³-hybridized carbons (Fsp3) is 0.882. The Morgan fingerprint density at radius 2 is 1.19 bits per heavy atom. The predicted octanol–water partition coefficient (Wildman–Crippen LogP) is 4.46. The maximum absolute atomic E-state index is 12.2. The first kappa shape index (κ1) is 19.9. The summed E-state index contributed by atoms with van der Waals surface area (Å²) in [4.78, 5) is 24.4. The highest BCUT2D eigenvalue weighted by molar-refractivity contribution is 5.77. The maximum Gasteiger partial charge on any atom is 0.314 e. The van der Waals surface area contributed by atoms with Gasteiger partial charge in [0.25, 0.3) is 5.79 Å². The molecular weight excluding hydrogens is 268 g/mol. The fourth-order valence-electron chi connectivity index (χ4n) is 1.53. The Morgan fingerprint density at radius 3 is 1.43 bits per heavy atom. The van der Waals surface area contributed by atoms with Gasteiger partial charge in [0, 0.05) is 12.8 Å². The third-order valence-electron chi connectivity index (χ3n) is 3.23. The minimum atomic E-state index is -1.15. The first-order chi connectivity index (χ1) is 9.38. The minimum Gasteiger partial charge on any atom is -0.422 e. The summed E-state index contributed by atoms with van der Waals surface area (Å²) in [6.07, 6.45) is 2.77. The molecular formula is C17H32O4. The lowest BCUT2D eigenvalue weighted by atomic mass is 9.95. The molecule has 0 spiro atoms. The van der Waals surface area contributed by atoms with Crippen LogP contribution in [0.3, 0.4) is 0 Å². The molecule has 0 bridgehead atoms. The molecule has 0 aromatic carbocycles. The Hall–Kier alpha value is -1.06. The zero-order chi connectivity index (χ0) is 16.9. The van der Waals surface area contributed by atoms with Crippen molar-refractivity contribution in [1.29, 1.82) is 0 Å². The fourth-order valence-corrected chi connectivity index (χ4v) is 1.53. The normalized spacial score (nSPS) is 13.0. The molecule has 0 aliphatic carbocycles. The van der Waals surface area contributed by atoms with Crippen molar-refractivity contribution in [1.82, 2.24) is 0 Å². The summed E-state index contributed by atoms with van der Waals surface area (Å²) in [6.45, 7) is 14.7. The van der Waals surface area contributed by atoms with E-state index in [0.29, 0.717) is 12.8 Å². The van der Waals surface area contributed by atoms with Gasteiger partial charge in [-0.3, -0.25) is 9.59 Å². The van der Waals surface area contributed by atoms with Crippen molar-refractivity contribution in [2.75, 3.05) is 0 Å². The molecule has 0 heterocycles. The van der Waals surface area contributed by atoms with Gasteiger partial charge in [-0.25, -0.2) is 0 Å². The van der Waals surface area contributed by atoms with Crippen LogP contribution in [-0.2, 0) is 19.1 Å². The Labute approximate surface area is 129 Å². The Balaban J connectivity index is 5.26. The van der Waals surface area contributed by atoms with Crippen molar-refractivity contribution < 1.29 is 19.1 Å². The lowest BCUT2D eigenvalue weighted by Crippen LogP contribution is -2.44. The van der Waals surface area contributed by atoms with Gasteiger partial charge < -0.3 is 9.47 Å². The van der Waals surface area contributed by atoms with E-state index in [9.17, 15) is 9.59 Å². The average molecular weight is 300 g/mol. The summed E-state index contributed by atoms with van der Waals surface area (Å²) in [5.41, 5.74) is -1.25. The third kappa shape index (κ3) is 6.49. The van der Waals surface area contributed by atoms with Gasteiger partial charge in [0.05, 0.1) is 10.8 Å². The van der Waals surface area contributed by atoms with Crippen LogP contribution in [0.15, 0.2) is 0 Å². The monoisotopic (exact) mass is 300 g/mol. The van der Waals surface area contributed by atoms with Gasteiger partial charge in [-0.05, 0) is 48.0 Å². The van der Waals surface area contributed by atoms with Crippen LogP contribution in [0, 0.1) is 10.8 Å². The second kappa shape index (κ2) is 7.28. The molecule has 0 N–H and O–H groups in total. The van der Waals surface area contributed by atoms with Gasteiger partial charge in [-0.1, -0.05) is 20.3 Å². The summed E-state index contributed by atoms with van der Waals surface area (Å²) in [6, 6.07) is 0. The zero-order valence-corrected chi connectivity index (χ0v) is 15.0. The molecule has 0 atom stereocenters. The number of hydrogen-bond donors (Lipinski definition) is 0. The summed E-state index contributed by atoms with van der Waals surface area (Å²) in [5.74, 6) is -1.84. The van der Waals surface area contributed by atoms with Gasteiger partial charge in [-0.15, -0.1) is 0 Å². The predicted molar refractivity (Wildman–Crippen MR) is 83.6 cm³/mol. The lowest BCUT2D eigenvalue weighted by Gasteiger charge is -2.36. The highest BCUT2D eigenvalue weighted by atomic mass is 16.7. The van der Waals surface area contributed by atoms with Crippen molar-refractivity contribution >= 4 is 11.9 Å². The smallest absolute Gasteiger partial charge is 0.314 e. The molecule has 0 rings (SSSR count). The molecule has 0 aliphatic rings. The van der Waals surface area contributed by atoms with Gasteiger partial charge >= 0.3 is 11.9 Å². The van der Waals surface area contributed by atoms with E-state index in [1.54, 1.807) is 41.5 Å². The molecule has 0 aromatic rings. The summed E-state index contributed by atoms with van der Waals surface area (Å²) in [5, 5.41) is 0. The van der Waals surface area contributed by atoms with E-state index in [0.717, 1.165) is 12.8 Å². The van der Waals surface area contributed by atoms with Crippen LogP contribution in [0.5, 0.6) is 0 Å². The topological polar surface area (TPSA) is 52.6 Å². The van der Waals surface area contributed by atoms with Gasteiger partial charge in [0.15, 0.2) is 0 Å². The summed E-state index contributed by atoms with van der Waals surface area (Å²) in [7, 11) is 0. The maximum atomic E-state index is 12.2. The number of unbranched alkanes of at least 4 members (excludes halogenated alkanes) is 1. The number of hydrogen-bond acceptors (Lipinski definition) is 4. The summed E-state index contributed by atoms with van der Waals surface area (Å²) < 4.78 is 11.3. The number of rotatable bonds is 6. The van der Waals surface area contributed by atoms with Crippen LogP contribution >= 0.6 is 0 Å². The zero-order valence-electron chi connectivity index (χ0n) is 15.0. The SMILES string of the molecule is CCCCC(CC)(OC(=O)C(C)(C)C)OC(=O)C(C)(C)C. The van der Waals surface area contributed by atoms with Gasteiger partial charge in [-0.2, -0.15) is 0 Å². The second-order valence-corrected chi connectivity index (χ2v) is 7.65. The van der Waals surface area contributed by atoms with Crippen molar-refractivity contribution in [3.8, 4) is 0 Å².